The van der Waals surface area contributed by atoms with E-state index < -0.39 is 0 Å². The summed E-state index contributed by atoms with van der Waals surface area (Å²) < 4.78 is 0. The van der Waals surface area contributed by atoms with Crippen molar-refractivity contribution in [3.8, 4) is 0 Å². The fourth-order valence-electron chi connectivity index (χ4n) is 3.35. The van der Waals surface area contributed by atoms with E-state index in [1.54, 1.807) is 0 Å². The molecular weight excluding hydrogens is 232 g/mol. The molecule has 19 heavy (non-hydrogen) atoms. The van der Waals surface area contributed by atoms with Crippen molar-refractivity contribution in [2.24, 2.45) is 11.7 Å². The molecule has 1 aromatic rings. The Bertz CT molecular complexity index is 402. The zero-order chi connectivity index (χ0) is 13.8. The molecule has 0 heterocycles. The Hall–Kier alpha value is -0.860. The van der Waals surface area contributed by atoms with E-state index in [1.165, 1.54) is 36.8 Å². The van der Waals surface area contributed by atoms with Gasteiger partial charge in [0.2, 0.25) is 0 Å². The van der Waals surface area contributed by atoms with Gasteiger partial charge >= 0.3 is 0 Å². The lowest BCUT2D eigenvalue weighted by molar-refractivity contribution is 0.129. The van der Waals surface area contributed by atoms with Crippen molar-refractivity contribution in [2.45, 2.75) is 58.2 Å². The maximum Gasteiger partial charge on any atom is 0.0250 e. The second-order valence-corrected chi connectivity index (χ2v) is 6.22. The zero-order valence-corrected chi connectivity index (χ0v) is 12.6. The van der Waals surface area contributed by atoms with Gasteiger partial charge in [-0.05, 0) is 44.7 Å². The molecule has 2 nitrogen and oxygen atoms in total. The fourth-order valence-corrected chi connectivity index (χ4v) is 3.35. The Morgan fingerprint density at radius 3 is 2.79 bits per heavy atom. The molecule has 1 saturated carbocycles. The molecule has 0 radical (unpaired) electrons. The van der Waals surface area contributed by atoms with Gasteiger partial charge in [0.25, 0.3) is 0 Å². The summed E-state index contributed by atoms with van der Waals surface area (Å²) in [4.78, 5) is 2.46. The minimum atomic E-state index is 0.345. The van der Waals surface area contributed by atoms with E-state index in [9.17, 15) is 0 Å². The maximum atomic E-state index is 6.34. The highest BCUT2D eigenvalue weighted by atomic mass is 15.1. The van der Waals surface area contributed by atoms with Crippen LogP contribution in [0.4, 0.5) is 0 Å². The molecular formula is C17H28N2. The van der Waals surface area contributed by atoms with Crippen molar-refractivity contribution in [1.29, 1.82) is 0 Å². The molecule has 1 aromatic carbocycles. The van der Waals surface area contributed by atoms with Crippen LogP contribution in [0.5, 0.6) is 0 Å². The van der Waals surface area contributed by atoms with Crippen molar-refractivity contribution >= 4 is 0 Å². The third kappa shape index (κ3) is 3.80. The Labute approximate surface area is 118 Å². The molecule has 3 atom stereocenters. The van der Waals surface area contributed by atoms with Crippen molar-refractivity contribution in [1.82, 2.24) is 4.90 Å². The van der Waals surface area contributed by atoms with Crippen LogP contribution in [0.1, 0.15) is 43.7 Å². The molecule has 2 heteroatoms. The summed E-state index contributed by atoms with van der Waals surface area (Å²) in [7, 11) is 2.23. The molecule has 1 aliphatic carbocycles. The van der Waals surface area contributed by atoms with Crippen LogP contribution in [-0.4, -0.2) is 24.0 Å². The number of aryl methyl sites for hydroxylation is 1. The van der Waals surface area contributed by atoms with Gasteiger partial charge in [0.1, 0.15) is 0 Å². The maximum absolute atomic E-state index is 6.34. The number of likely N-dealkylation sites (N-methyl/N-ethyl adjacent to an activating group) is 1. The zero-order valence-electron chi connectivity index (χ0n) is 12.6. The highest BCUT2D eigenvalue weighted by Crippen LogP contribution is 2.29. The number of rotatable bonds is 4. The van der Waals surface area contributed by atoms with E-state index in [2.05, 4.69) is 50.1 Å². The Morgan fingerprint density at radius 2 is 2.11 bits per heavy atom. The fraction of sp³-hybridized carbons (Fsp3) is 0.647. The normalized spacial score (nSPS) is 27.7. The number of benzene rings is 1. The molecule has 0 saturated heterocycles. The lowest BCUT2D eigenvalue weighted by atomic mass is 9.80. The lowest BCUT2D eigenvalue weighted by Gasteiger charge is -2.39. The quantitative estimate of drug-likeness (QED) is 0.899. The second kappa shape index (κ2) is 6.53. The molecule has 0 aliphatic heterocycles. The molecule has 2 rings (SSSR count). The highest BCUT2D eigenvalue weighted by molar-refractivity contribution is 5.22. The van der Waals surface area contributed by atoms with Crippen LogP contribution >= 0.6 is 0 Å². The average Bonchev–Trinajstić information content (AvgIpc) is 2.39. The van der Waals surface area contributed by atoms with Crippen molar-refractivity contribution in [3.63, 3.8) is 0 Å². The minimum absolute atomic E-state index is 0.345. The average molecular weight is 260 g/mol. The molecule has 2 N–H and O–H groups in total. The standard InChI is InChI=1S/C17H28N2/c1-4-14-8-9-16(18)17(11-14)19(3)12-15-7-5-6-13(2)10-15/h5-7,10,14,16-17H,4,8-9,11-12,18H2,1-3H3. The van der Waals surface area contributed by atoms with Crippen LogP contribution in [0, 0.1) is 12.8 Å². The predicted molar refractivity (Wildman–Crippen MR) is 82.0 cm³/mol. The summed E-state index contributed by atoms with van der Waals surface area (Å²) >= 11 is 0. The smallest absolute Gasteiger partial charge is 0.0250 e. The predicted octanol–water partition coefficient (Wildman–Crippen LogP) is 3.33. The lowest BCUT2D eigenvalue weighted by Crippen LogP contribution is -2.49. The molecule has 0 spiro atoms. The van der Waals surface area contributed by atoms with E-state index >= 15 is 0 Å². The van der Waals surface area contributed by atoms with Gasteiger partial charge in [0.15, 0.2) is 0 Å². The summed E-state index contributed by atoms with van der Waals surface area (Å²) in [5, 5.41) is 0. The third-order valence-corrected chi connectivity index (χ3v) is 4.64. The molecule has 0 amide bonds. The van der Waals surface area contributed by atoms with E-state index in [-0.39, 0.29) is 0 Å². The first-order valence-corrected chi connectivity index (χ1v) is 7.61. The first-order chi connectivity index (χ1) is 9.10. The topological polar surface area (TPSA) is 29.3 Å². The van der Waals surface area contributed by atoms with Gasteiger partial charge in [-0.1, -0.05) is 43.2 Å². The van der Waals surface area contributed by atoms with Crippen LogP contribution in [0.3, 0.4) is 0 Å². The summed E-state index contributed by atoms with van der Waals surface area (Å²) in [6.07, 6.45) is 5.05. The molecule has 1 fully saturated rings. The number of hydrogen-bond donors (Lipinski definition) is 1. The van der Waals surface area contributed by atoms with Crippen LogP contribution in [0.25, 0.3) is 0 Å². The molecule has 106 valence electrons. The van der Waals surface area contributed by atoms with Crippen molar-refractivity contribution in [3.05, 3.63) is 35.4 Å². The minimum Gasteiger partial charge on any atom is -0.326 e. The molecule has 0 aromatic heterocycles. The van der Waals surface area contributed by atoms with Gasteiger partial charge in [-0.15, -0.1) is 0 Å². The first-order valence-electron chi connectivity index (χ1n) is 7.61. The molecule has 3 unspecified atom stereocenters. The highest BCUT2D eigenvalue weighted by Gasteiger charge is 2.29. The second-order valence-electron chi connectivity index (χ2n) is 6.22. The van der Waals surface area contributed by atoms with Gasteiger partial charge in [0.05, 0.1) is 0 Å². The summed E-state index contributed by atoms with van der Waals surface area (Å²) in [6, 6.07) is 9.69. The van der Waals surface area contributed by atoms with E-state index in [4.69, 9.17) is 5.73 Å². The molecule has 1 aliphatic rings. The van der Waals surface area contributed by atoms with Gasteiger partial charge in [-0.3, -0.25) is 4.90 Å². The Morgan fingerprint density at radius 1 is 1.32 bits per heavy atom. The van der Waals surface area contributed by atoms with Crippen LogP contribution < -0.4 is 5.73 Å². The SMILES string of the molecule is CCC1CCC(N)C(N(C)Cc2cccc(C)c2)C1. The summed E-state index contributed by atoms with van der Waals surface area (Å²) in [5.41, 5.74) is 9.07. The monoisotopic (exact) mass is 260 g/mol. The van der Waals surface area contributed by atoms with Gasteiger partial charge in [0, 0.05) is 18.6 Å². The van der Waals surface area contributed by atoms with Crippen LogP contribution in [0.15, 0.2) is 24.3 Å². The Kier molecular flexibility index (Phi) is 5.00. The van der Waals surface area contributed by atoms with Gasteiger partial charge in [-0.2, -0.15) is 0 Å². The van der Waals surface area contributed by atoms with E-state index in [1.807, 2.05) is 0 Å². The summed E-state index contributed by atoms with van der Waals surface area (Å²) in [5.74, 6) is 0.866. The third-order valence-electron chi connectivity index (χ3n) is 4.64. The largest absolute Gasteiger partial charge is 0.326 e. The number of hydrogen-bond acceptors (Lipinski definition) is 2. The van der Waals surface area contributed by atoms with Crippen LogP contribution in [-0.2, 0) is 6.54 Å². The van der Waals surface area contributed by atoms with Crippen molar-refractivity contribution < 1.29 is 0 Å². The van der Waals surface area contributed by atoms with Crippen LogP contribution in [0.2, 0.25) is 0 Å². The van der Waals surface area contributed by atoms with Gasteiger partial charge < -0.3 is 5.73 Å². The van der Waals surface area contributed by atoms with Crippen molar-refractivity contribution in [2.75, 3.05) is 7.05 Å². The summed E-state index contributed by atoms with van der Waals surface area (Å²) in [6.45, 7) is 5.47. The number of nitrogens with zero attached hydrogens (tertiary/aromatic N) is 1. The Balaban J connectivity index is 1.99. The van der Waals surface area contributed by atoms with E-state index in [0.29, 0.717) is 12.1 Å². The first kappa shape index (κ1) is 14.5. The number of nitrogens with two attached hydrogens (primary N) is 1. The van der Waals surface area contributed by atoms with Gasteiger partial charge in [-0.25, -0.2) is 0 Å². The van der Waals surface area contributed by atoms with E-state index in [0.717, 1.165) is 12.5 Å². The molecule has 0 bridgehead atoms.